The van der Waals surface area contributed by atoms with E-state index in [4.69, 9.17) is 5.73 Å². The van der Waals surface area contributed by atoms with E-state index in [1.807, 2.05) is 12.1 Å². The van der Waals surface area contributed by atoms with Gasteiger partial charge in [-0.25, -0.2) is 4.72 Å². The molecule has 1 aliphatic rings. The predicted octanol–water partition coefficient (Wildman–Crippen LogP) is 1.09. The van der Waals surface area contributed by atoms with Crippen molar-refractivity contribution in [3.63, 3.8) is 0 Å². The number of rotatable bonds is 6. The van der Waals surface area contributed by atoms with Crippen LogP contribution in [0.2, 0.25) is 0 Å². The van der Waals surface area contributed by atoms with Gasteiger partial charge in [0.15, 0.2) is 0 Å². The third-order valence-electron chi connectivity index (χ3n) is 2.91. The van der Waals surface area contributed by atoms with E-state index in [-0.39, 0.29) is 6.04 Å². The second kappa shape index (κ2) is 5.26. The van der Waals surface area contributed by atoms with Crippen LogP contribution in [0.3, 0.4) is 0 Å². The Morgan fingerprint density at radius 1 is 1.33 bits per heavy atom. The van der Waals surface area contributed by atoms with Crippen LogP contribution in [0, 0.1) is 0 Å². The van der Waals surface area contributed by atoms with Crippen molar-refractivity contribution in [2.24, 2.45) is 0 Å². The van der Waals surface area contributed by atoms with E-state index in [9.17, 15) is 8.42 Å². The Balaban J connectivity index is 2.14. The van der Waals surface area contributed by atoms with Gasteiger partial charge in [-0.2, -0.15) is 12.7 Å². The number of nitrogen functional groups attached to an aromatic ring is 1. The predicted molar refractivity (Wildman–Crippen MR) is 72.0 cm³/mol. The van der Waals surface area contributed by atoms with E-state index in [0.29, 0.717) is 18.8 Å². The minimum Gasteiger partial charge on any atom is -0.399 e. The standard InChI is InChI=1S/C12H19N3O2S/c1-2-14-18(16,17)15(12-7-8-12)9-10-3-5-11(13)6-4-10/h3-6,12,14H,2,7-9,13H2,1H3. The third kappa shape index (κ3) is 3.22. The van der Waals surface area contributed by atoms with Crippen molar-refractivity contribution in [3.05, 3.63) is 29.8 Å². The molecule has 0 radical (unpaired) electrons. The first-order valence-electron chi connectivity index (χ1n) is 6.14. The summed E-state index contributed by atoms with van der Waals surface area (Å²) in [5.74, 6) is 0. The molecular formula is C12H19N3O2S. The maximum absolute atomic E-state index is 12.1. The Morgan fingerprint density at radius 2 is 1.94 bits per heavy atom. The molecule has 0 saturated heterocycles. The van der Waals surface area contributed by atoms with Gasteiger partial charge in [-0.1, -0.05) is 19.1 Å². The van der Waals surface area contributed by atoms with Gasteiger partial charge < -0.3 is 5.73 Å². The average molecular weight is 269 g/mol. The number of nitrogens with one attached hydrogen (secondary N) is 1. The molecule has 0 atom stereocenters. The summed E-state index contributed by atoms with van der Waals surface area (Å²) in [5, 5.41) is 0. The fourth-order valence-electron chi connectivity index (χ4n) is 1.84. The fraction of sp³-hybridized carbons (Fsp3) is 0.500. The zero-order valence-corrected chi connectivity index (χ0v) is 11.3. The average Bonchev–Trinajstić information content (AvgIpc) is 3.12. The zero-order valence-electron chi connectivity index (χ0n) is 10.5. The molecule has 0 spiro atoms. The SMILES string of the molecule is CCNS(=O)(=O)N(Cc1ccc(N)cc1)C1CC1. The quantitative estimate of drug-likeness (QED) is 0.759. The van der Waals surface area contributed by atoms with Crippen LogP contribution in [0.5, 0.6) is 0 Å². The van der Waals surface area contributed by atoms with E-state index in [2.05, 4.69) is 4.72 Å². The molecule has 18 heavy (non-hydrogen) atoms. The molecule has 100 valence electrons. The fourth-order valence-corrected chi connectivity index (χ4v) is 3.29. The molecule has 0 amide bonds. The Bertz CT molecular complexity index is 495. The largest absolute Gasteiger partial charge is 0.399 e. The summed E-state index contributed by atoms with van der Waals surface area (Å²) < 4.78 is 28.2. The monoisotopic (exact) mass is 269 g/mol. The molecule has 3 N–H and O–H groups in total. The third-order valence-corrected chi connectivity index (χ3v) is 4.61. The lowest BCUT2D eigenvalue weighted by Gasteiger charge is -2.21. The van der Waals surface area contributed by atoms with Gasteiger partial charge in [0.05, 0.1) is 0 Å². The molecule has 2 rings (SSSR count). The molecule has 1 fully saturated rings. The second-order valence-corrected chi connectivity index (χ2v) is 6.23. The summed E-state index contributed by atoms with van der Waals surface area (Å²) in [6, 6.07) is 7.46. The van der Waals surface area contributed by atoms with Crippen LogP contribution < -0.4 is 10.5 Å². The minimum absolute atomic E-state index is 0.145. The van der Waals surface area contributed by atoms with Crippen LogP contribution in [-0.4, -0.2) is 25.3 Å². The number of nitrogens with zero attached hydrogens (tertiary/aromatic N) is 1. The van der Waals surface area contributed by atoms with Gasteiger partial charge in [0.2, 0.25) is 0 Å². The molecule has 0 heterocycles. The van der Waals surface area contributed by atoms with Crippen LogP contribution in [0.1, 0.15) is 25.3 Å². The molecule has 1 aromatic carbocycles. The topological polar surface area (TPSA) is 75.4 Å². The number of hydrogen-bond acceptors (Lipinski definition) is 3. The molecule has 6 heteroatoms. The van der Waals surface area contributed by atoms with E-state index >= 15 is 0 Å². The van der Waals surface area contributed by atoms with Crippen molar-refractivity contribution in [2.75, 3.05) is 12.3 Å². The van der Waals surface area contributed by atoms with E-state index in [0.717, 1.165) is 18.4 Å². The summed E-state index contributed by atoms with van der Waals surface area (Å²) in [5.41, 5.74) is 7.26. The van der Waals surface area contributed by atoms with Crippen LogP contribution in [-0.2, 0) is 16.8 Å². The van der Waals surface area contributed by atoms with Gasteiger partial charge in [0.1, 0.15) is 0 Å². The first-order chi connectivity index (χ1) is 8.53. The Morgan fingerprint density at radius 3 is 2.44 bits per heavy atom. The Labute approximate surface area is 108 Å². The highest BCUT2D eigenvalue weighted by Crippen LogP contribution is 2.30. The van der Waals surface area contributed by atoms with Gasteiger partial charge in [0, 0.05) is 24.8 Å². The summed E-state index contributed by atoms with van der Waals surface area (Å²) in [7, 11) is -3.37. The molecule has 1 aromatic rings. The van der Waals surface area contributed by atoms with Crippen molar-refractivity contribution in [1.82, 2.24) is 9.03 Å². The van der Waals surface area contributed by atoms with Gasteiger partial charge in [-0.05, 0) is 30.5 Å². The number of nitrogens with two attached hydrogens (primary N) is 1. The first-order valence-corrected chi connectivity index (χ1v) is 7.58. The molecule has 1 saturated carbocycles. The van der Waals surface area contributed by atoms with Crippen LogP contribution in [0.15, 0.2) is 24.3 Å². The van der Waals surface area contributed by atoms with Crippen molar-refractivity contribution in [2.45, 2.75) is 32.4 Å². The van der Waals surface area contributed by atoms with Crippen molar-refractivity contribution in [3.8, 4) is 0 Å². The van der Waals surface area contributed by atoms with E-state index in [1.54, 1.807) is 23.4 Å². The molecule has 1 aliphatic carbocycles. The van der Waals surface area contributed by atoms with Crippen LogP contribution in [0.4, 0.5) is 5.69 Å². The number of benzene rings is 1. The molecular weight excluding hydrogens is 250 g/mol. The van der Waals surface area contributed by atoms with E-state index in [1.165, 1.54) is 0 Å². The lowest BCUT2D eigenvalue weighted by Crippen LogP contribution is -2.41. The summed E-state index contributed by atoms with van der Waals surface area (Å²) in [4.78, 5) is 0. The smallest absolute Gasteiger partial charge is 0.279 e. The highest BCUT2D eigenvalue weighted by molar-refractivity contribution is 7.87. The summed E-state index contributed by atoms with van der Waals surface area (Å²) >= 11 is 0. The molecule has 0 aromatic heterocycles. The molecule has 5 nitrogen and oxygen atoms in total. The van der Waals surface area contributed by atoms with Crippen LogP contribution in [0.25, 0.3) is 0 Å². The Hall–Kier alpha value is -1.11. The lowest BCUT2D eigenvalue weighted by molar-refractivity contribution is 0.391. The van der Waals surface area contributed by atoms with Gasteiger partial charge in [-0.3, -0.25) is 0 Å². The van der Waals surface area contributed by atoms with E-state index < -0.39 is 10.2 Å². The lowest BCUT2D eigenvalue weighted by atomic mass is 10.2. The second-order valence-electron chi connectivity index (χ2n) is 4.52. The molecule has 0 unspecified atom stereocenters. The summed E-state index contributed by atoms with van der Waals surface area (Å²) in [6.07, 6.45) is 1.89. The minimum atomic E-state index is -3.37. The Kier molecular flexibility index (Phi) is 3.89. The normalized spacial score (nSPS) is 16.1. The van der Waals surface area contributed by atoms with Gasteiger partial charge in [-0.15, -0.1) is 0 Å². The van der Waals surface area contributed by atoms with Gasteiger partial charge >= 0.3 is 0 Å². The maximum Gasteiger partial charge on any atom is 0.279 e. The zero-order chi connectivity index (χ0) is 13.2. The van der Waals surface area contributed by atoms with Crippen molar-refractivity contribution >= 4 is 15.9 Å². The van der Waals surface area contributed by atoms with Gasteiger partial charge in [0.25, 0.3) is 10.2 Å². The molecule has 0 aliphatic heterocycles. The van der Waals surface area contributed by atoms with Crippen LogP contribution >= 0.6 is 0 Å². The highest BCUT2D eigenvalue weighted by atomic mass is 32.2. The van der Waals surface area contributed by atoms with Crippen molar-refractivity contribution < 1.29 is 8.42 Å². The van der Waals surface area contributed by atoms with Crippen molar-refractivity contribution in [1.29, 1.82) is 0 Å². The number of anilines is 1. The maximum atomic E-state index is 12.1. The summed E-state index contributed by atoms with van der Waals surface area (Å²) in [6.45, 7) is 2.60. The highest BCUT2D eigenvalue weighted by Gasteiger charge is 2.36. The number of hydrogen-bond donors (Lipinski definition) is 2. The first kappa shape index (κ1) is 13.3. The molecule has 0 bridgehead atoms.